The molecule has 6 nitrogen and oxygen atoms in total. The average molecular weight is 526 g/mol. The van der Waals surface area contributed by atoms with Gasteiger partial charge in [0.2, 0.25) is 0 Å². The van der Waals surface area contributed by atoms with Gasteiger partial charge in [0.25, 0.3) is 0 Å². The van der Waals surface area contributed by atoms with E-state index in [-0.39, 0.29) is 35.2 Å². The standard InChI is InChI=1S/C22H31FN6.HI/c1-3-24-21(25-16-22(9-10-22)17-6-4-7-18(23)12-17)27-19-8-5-11-29(14-19)20-13-26-28(2)15-20;/h4,6-7,12-13,15,19H,3,5,8-11,14,16H2,1-2H3,(H2,24,25,27);1H. The number of aryl methyl sites for hydroxylation is 1. The summed E-state index contributed by atoms with van der Waals surface area (Å²) in [6.07, 6.45) is 8.39. The zero-order chi connectivity index (χ0) is 20.3. The monoisotopic (exact) mass is 526 g/mol. The predicted octanol–water partition coefficient (Wildman–Crippen LogP) is 3.43. The van der Waals surface area contributed by atoms with Gasteiger partial charge in [-0.15, -0.1) is 24.0 Å². The van der Waals surface area contributed by atoms with Crippen molar-refractivity contribution in [1.82, 2.24) is 20.4 Å². The molecule has 2 heterocycles. The number of hydrogen-bond acceptors (Lipinski definition) is 3. The first-order valence-electron chi connectivity index (χ1n) is 10.6. The SMILES string of the molecule is CCNC(=NCC1(c2cccc(F)c2)CC1)NC1CCCN(c2cnn(C)c2)C1.I. The van der Waals surface area contributed by atoms with E-state index in [0.29, 0.717) is 12.6 Å². The normalized spacial score (nSPS) is 20.4. The molecule has 1 atom stereocenters. The number of aliphatic imine (C=N–C) groups is 1. The molecule has 2 N–H and O–H groups in total. The van der Waals surface area contributed by atoms with E-state index in [1.54, 1.807) is 12.1 Å². The molecule has 2 aliphatic rings. The van der Waals surface area contributed by atoms with Crippen LogP contribution in [-0.4, -0.2) is 48.0 Å². The number of guanidine groups is 1. The van der Waals surface area contributed by atoms with Crippen LogP contribution in [0, 0.1) is 5.82 Å². The Hall–Kier alpha value is -1.84. The number of rotatable bonds is 6. The first-order chi connectivity index (χ1) is 14.1. The molecule has 2 fully saturated rings. The minimum Gasteiger partial charge on any atom is -0.367 e. The molecule has 1 aromatic carbocycles. The Labute approximate surface area is 195 Å². The van der Waals surface area contributed by atoms with Gasteiger partial charge in [-0.2, -0.15) is 5.10 Å². The third-order valence-electron chi connectivity index (χ3n) is 5.99. The number of nitrogens with zero attached hydrogens (tertiary/aromatic N) is 4. The first-order valence-corrected chi connectivity index (χ1v) is 10.6. The summed E-state index contributed by atoms with van der Waals surface area (Å²) in [6, 6.07) is 7.33. The summed E-state index contributed by atoms with van der Waals surface area (Å²) < 4.78 is 15.5. The Morgan fingerprint density at radius 3 is 2.87 bits per heavy atom. The van der Waals surface area contributed by atoms with Gasteiger partial charge in [0.05, 0.1) is 18.4 Å². The Balaban J connectivity index is 0.00000256. The van der Waals surface area contributed by atoms with Crippen LogP contribution in [0.1, 0.15) is 38.2 Å². The van der Waals surface area contributed by atoms with Gasteiger partial charge >= 0.3 is 0 Å². The lowest BCUT2D eigenvalue weighted by Crippen LogP contribution is -2.51. The molecule has 2 aromatic rings. The molecule has 30 heavy (non-hydrogen) atoms. The highest BCUT2D eigenvalue weighted by Gasteiger charge is 2.44. The maximum Gasteiger partial charge on any atom is 0.191 e. The van der Waals surface area contributed by atoms with Gasteiger partial charge in [0.1, 0.15) is 5.82 Å². The van der Waals surface area contributed by atoms with Gasteiger partial charge < -0.3 is 15.5 Å². The van der Waals surface area contributed by atoms with Crippen molar-refractivity contribution in [3.63, 3.8) is 0 Å². The fourth-order valence-corrected chi connectivity index (χ4v) is 4.15. The van der Waals surface area contributed by atoms with Crippen LogP contribution >= 0.6 is 24.0 Å². The summed E-state index contributed by atoms with van der Waals surface area (Å²) in [6.45, 7) is 5.58. The average Bonchev–Trinajstić information content (AvgIpc) is 3.39. The van der Waals surface area contributed by atoms with Gasteiger partial charge in [-0.1, -0.05) is 12.1 Å². The molecule has 1 aliphatic carbocycles. The van der Waals surface area contributed by atoms with Crippen molar-refractivity contribution < 1.29 is 4.39 Å². The number of halogens is 2. The maximum absolute atomic E-state index is 13.7. The highest BCUT2D eigenvalue weighted by molar-refractivity contribution is 14.0. The van der Waals surface area contributed by atoms with Gasteiger partial charge in [-0.05, 0) is 50.3 Å². The van der Waals surface area contributed by atoms with Crippen molar-refractivity contribution in [3.8, 4) is 0 Å². The van der Waals surface area contributed by atoms with Crippen molar-refractivity contribution in [2.45, 2.75) is 44.1 Å². The summed E-state index contributed by atoms with van der Waals surface area (Å²) in [5, 5.41) is 11.3. The van der Waals surface area contributed by atoms with E-state index in [9.17, 15) is 4.39 Å². The lowest BCUT2D eigenvalue weighted by atomic mass is 9.96. The molecular weight excluding hydrogens is 494 g/mol. The van der Waals surface area contributed by atoms with Gasteiger partial charge in [-0.3, -0.25) is 9.67 Å². The minimum atomic E-state index is -0.166. The summed E-state index contributed by atoms with van der Waals surface area (Å²) in [7, 11) is 1.95. The van der Waals surface area contributed by atoms with Crippen LogP contribution in [-0.2, 0) is 12.5 Å². The van der Waals surface area contributed by atoms with Crippen molar-refractivity contribution in [1.29, 1.82) is 0 Å². The molecular formula is C22H32FIN6. The number of hydrogen-bond donors (Lipinski definition) is 2. The third-order valence-corrected chi connectivity index (χ3v) is 5.99. The predicted molar refractivity (Wildman–Crippen MR) is 130 cm³/mol. The second-order valence-corrected chi connectivity index (χ2v) is 8.29. The van der Waals surface area contributed by atoms with Crippen molar-refractivity contribution in [3.05, 3.63) is 48.0 Å². The second-order valence-electron chi connectivity index (χ2n) is 8.29. The topological polar surface area (TPSA) is 57.5 Å². The second kappa shape index (κ2) is 9.98. The van der Waals surface area contributed by atoms with E-state index in [4.69, 9.17) is 4.99 Å². The highest BCUT2D eigenvalue weighted by atomic mass is 127. The molecule has 1 aliphatic heterocycles. The van der Waals surface area contributed by atoms with Crippen LogP contribution < -0.4 is 15.5 Å². The van der Waals surface area contributed by atoms with Crippen LogP contribution in [0.2, 0.25) is 0 Å². The van der Waals surface area contributed by atoms with Crippen molar-refractivity contribution >= 4 is 35.6 Å². The van der Waals surface area contributed by atoms with Crippen LogP contribution in [0.3, 0.4) is 0 Å². The highest BCUT2D eigenvalue weighted by Crippen LogP contribution is 2.48. The quantitative estimate of drug-likeness (QED) is 0.344. The summed E-state index contributed by atoms with van der Waals surface area (Å²) in [5.74, 6) is 0.689. The van der Waals surface area contributed by atoms with E-state index in [1.165, 1.54) is 11.8 Å². The zero-order valence-corrected chi connectivity index (χ0v) is 20.1. The van der Waals surface area contributed by atoms with Crippen LogP contribution in [0.5, 0.6) is 0 Å². The number of benzene rings is 1. The van der Waals surface area contributed by atoms with Crippen molar-refractivity contribution in [2.75, 3.05) is 31.1 Å². The molecule has 1 saturated heterocycles. The Bertz CT molecular complexity index is 863. The third kappa shape index (κ3) is 5.44. The van der Waals surface area contributed by atoms with Crippen molar-refractivity contribution in [2.24, 2.45) is 12.0 Å². The number of aromatic nitrogens is 2. The van der Waals surface area contributed by atoms with Gasteiger partial charge in [0, 0.05) is 44.3 Å². The smallest absolute Gasteiger partial charge is 0.191 e. The molecule has 1 aromatic heterocycles. The summed E-state index contributed by atoms with van der Waals surface area (Å²) in [5.41, 5.74) is 2.24. The Kier molecular flexibility index (Phi) is 7.60. The van der Waals surface area contributed by atoms with E-state index < -0.39 is 0 Å². The minimum absolute atomic E-state index is 0. The Morgan fingerprint density at radius 1 is 1.37 bits per heavy atom. The van der Waals surface area contributed by atoms with E-state index in [0.717, 1.165) is 56.8 Å². The van der Waals surface area contributed by atoms with E-state index in [2.05, 4.69) is 33.8 Å². The van der Waals surface area contributed by atoms with Crippen LogP contribution in [0.15, 0.2) is 41.7 Å². The molecule has 0 spiro atoms. The fourth-order valence-electron chi connectivity index (χ4n) is 4.15. The molecule has 0 amide bonds. The zero-order valence-electron chi connectivity index (χ0n) is 17.8. The molecule has 0 bridgehead atoms. The molecule has 8 heteroatoms. The summed E-state index contributed by atoms with van der Waals surface area (Å²) in [4.78, 5) is 7.27. The Morgan fingerprint density at radius 2 is 2.20 bits per heavy atom. The van der Waals surface area contributed by atoms with Crippen LogP contribution in [0.4, 0.5) is 10.1 Å². The lowest BCUT2D eigenvalue weighted by molar-refractivity contribution is 0.467. The summed E-state index contributed by atoms with van der Waals surface area (Å²) >= 11 is 0. The number of nitrogens with one attached hydrogen (secondary N) is 2. The maximum atomic E-state index is 13.7. The number of piperidine rings is 1. The van der Waals surface area contributed by atoms with E-state index in [1.807, 2.05) is 24.0 Å². The lowest BCUT2D eigenvalue weighted by Gasteiger charge is -2.34. The molecule has 0 radical (unpaired) electrons. The van der Waals surface area contributed by atoms with Gasteiger partial charge in [0.15, 0.2) is 5.96 Å². The molecule has 1 saturated carbocycles. The van der Waals surface area contributed by atoms with Crippen LogP contribution in [0.25, 0.3) is 0 Å². The largest absolute Gasteiger partial charge is 0.367 e. The molecule has 4 rings (SSSR count). The molecule has 1 unspecified atom stereocenters. The molecule has 164 valence electrons. The van der Waals surface area contributed by atoms with E-state index >= 15 is 0 Å². The fraction of sp³-hybridized carbons (Fsp3) is 0.545. The first kappa shape index (κ1) is 22.8. The van der Waals surface area contributed by atoms with Gasteiger partial charge in [-0.25, -0.2) is 4.39 Å². The number of anilines is 1.